The second-order valence-electron chi connectivity index (χ2n) is 6.32. The van der Waals surface area contributed by atoms with Crippen molar-refractivity contribution in [3.8, 4) is 0 Å². The van der Waals surface area contributed by atoms with Gasteiger partial charge in [0.1, 0.15) is 0 Å². The van der Waals surface area contributed by atoms with E-state index in [4.69, 9.17) is 28.9 Å². The standard InChI is InChI=1S/C22H18ClN3S/c23-18-13-11-16(12-14-18)20-15-21(17-7-3-1-4-8-17)26(25-20)22(27)24-19-9-5-2-6-10-19/h1-14,21H,15H2,(H,24,27)/t21-/m1/s1. The van der Waals surface area contributed by atoms with Crippen molar-refractivity contribution in [3.05, 3.63) is 101 Å². The molecule has 1 aliphatic heterocycles. The Morgan fingerprint density at radius 2 is 1.56 bits per heavy atom. The summed E-state index contributed by atoms with van der Waals surface area (Å²) in [7, 11) is 0. The van der Waals surface area contributed by atoms with Gasteiger partial charge in [0.15, 0.2) is 5.11 Å². The van der Waals surface area contributed by atoms with Gasteiger partial charge in [0.2, 0.25) is 0 Å². The number of halogens is 1. The van der Waals surface area contributed by atoms with Crippen LogP contribution in [-0.4, -0.2) is 15.8 Å². The highest BCUT2D eigenvalue weighted by Gasteiger charge is 2.31. The zero-order chi connectivity index (χ0) is 18.6. The number of hydrogen-bond donors (Lipinski definition) is 1. The number of nitrogens with one attached hydrogen (secondary N) is 1. The van der Waals surface area contributed by atoms with Crippen LogP contribution in [0.1, 0.15) is 23.6 Å². The van der Waals surface area contributed by atoms with E-state index in [1.807, 2.05) is 77.8 Å². The molecule has 0 aliphatic carbocycles. The van der Waals surface area contributed by atoms with E-state index in [0.717, 1.165) is 28.4 Å². The zero-order valence-corrected chi connectivity index (χ0v) is 16.1. The topological polar surface area (TPSA) is 27.6 Å². The molecule has 0 radical (unpaired) electrons. The average Bonchev–Trinajstić information content (AvgIpc) is 3.16. The molecule has 27 heavy (non-hydrogen) atoms. The van der Waals surface area contributed by atoms with Gasteiger partial charge in [-0.1, -0.05) is 72.3 Å². The summed E-state index contributed by atoms with van der Waals surface area (Å²) >= 11 is 11.7. The monoisotopic (exact) mass is 391 g/mol. The second-order valence-corrected chi connectivity index (χ2v) is 7.15. The van der Waals surface area contributed by atoms with Crippen LogP contribution in [-0.2, 0) is 0 Å². The normalized spacial score (nSPS) is 16.1. The minimum Gasteiger partial charge on any atom is -0.331 e. The Kier molecular flexibility index (Phi) is 5.19. The van der Waals surface area contributed by atoms with Crippen molar-refractivity contribution in [1.29, 1.82) is 0 Å². The Labute approximate surface area is 169 Å². The lowest BCUT2D eigenvalue weighted by molar-refractivity contribution is 0.375. The highest BCUT2D eigenvalue weighted by atomic mass is 35.5. The van der Waals surface area contributed by atoms with Crippen molar-refractivity contribution in [3.63, 3.8) is 0 Å². The molecule has 1 heterocycles. The van der Waals surface area contributed by atoms with Gasteiger partial charge in [-0.2, -0.15) is 5.10 Å². The van der Waals surface area contributed by atoms with Crippen LogP contribution in [0.4, 0.5) is 5.69 Å². The molecule has 0 aromatic heterocycles. The van der Waals surface area contributed by atoms with Crippen molar-refractivity contribution in [2.75, 3.05) is 5.32 Å². The van der Waals surface area contributed by atoms with E-state index in [-0.39, 0.29) is 6.04 Å². The Morgan fingerprint density at radius 1 is 0.926 bits per heavy atom. The van der Waals surface area contributed by atoms with Crippen molar-refractivity contribution in [2.45, 2.75) is 12.5 Å². The Balaban J connectivity index is 1.65. The Bertz CT molecular complexity index is 956. The first-order chi connectivity index (χ1) is 13.2. The highest BCUT2D eigenvalue weighted by Crippen LogP contribution is 2.33. The van der Waals surface area contributed by atoms with E-state index in [9.17, 15) is 0 Å². The number of nitrogens with zero attached hydrogens (tertiary/aromatic N) is 2. The maximum Gasteiger partial charge on any atom is 0.194 e. The fraction of sp³-hybridized carbons (Fsp3) is 0.0909. The third-order valence-electron chi connectivity index (χ3n) is 4.51. The molecule has 134 valence electrons. The fourth-order valence-corrected chi connectivity index (χ4v) is 3.56. The smallest absolute Gasteiger partial charge is 0.194 e. The maximum atomic E-state index is 6.03. The molecule has 0 saturated heterocycles. The molecule has 1 N–H and O–H groups in total. The van der Waals surface area contributed by atoms with E-state index in [1.165, 1.54) is 5.56 Å². The molecule has 3 aromatic rings. The largest absolute Gasteiger partial charge is 0.331 e. The lowest BCUT2D eigenvalue weighted by Gasteiger charge is -2.24. The van der Waals surface area contributed by atoms with Gasteiger partial charge >= 0.3 is 0 Å². The number of para-hydroxylation sites is 1. The Morgan fingerprint density at radius 3 is 2.22 bits per heavy atom. The summed E-state index contributed by atoms with van der Waals surface area (Å²) < 4.78 is 0. The number of rotatable bonds is 3. The average molecular weight is 392 g/mol. The van der Waals surface area contributed by atoms with Gasteiger partial charge in [0.25, 0.3) is 0 Å². The van der Waals surface area contributed by atoms with Crippen molar-refractivity contribution >= 4 is 40.3 Å². The summed E-state index contributed by atoms with van der Waals surface area (Å²) in [4.78, 5) is 0. The van der Waals surface area contributed by atoms with Crippen molar-refractivity contribution < 1.29 is 0 Å². The summed E-state index contributed by atoms with van der Waals surface area (Å²) in [6, 6.07) is 28.1. The molecular formula is C22H18ClN3S. The molecule has 4 rings (SSSR count). The lowest BCUT2D eigenvalue weighted by atomic mass is 9.99. The van der Waals surface area contributed by atoms with E-state index >= 15 is 0 Å². The minimum absolute atomic E-state index is 0.0561. The van der Waals surface area contributed by atoms with Crippen molar-refractivity contribution in [2.24, 2.45) is 5.10 Å². The minimum atomic E-state index is 0.0561. The first kappa shape index (κ1) is 17.7. The first-order valence-electron chi connectivity index (χ1n) is 8.74. The number of hydrogen-bond acceptors (Lipinski definition) is 2. The molecule has 1 atom stereocenters. The van der Waals surface area contributed by atoms with Gasteiger partial charge in [-0.3, -0.25) is 0 Å². The van der Waals surface area contributed by atoms with Crippen molar-refractivity contribution in [1.82, 2.24) is 5.01 Å². The lowest BCUT2D eigenvalue weighted by Crippen LogP contribution is -2.31. The van der Waals surface area contributed by atoms with Crippen LogP contribution in [0.5, 0.6) is 0 Å². The van der Waals surface area contributed by atoms with Gasteiger partial charge in [0.05, 0.1) is 11.8 Å². The van der Waals surface area contributed by atoms with E-state index in [1.54, 1.807) is 0 Å². The quantitative estimate of drug-likeness (QED) is 0.564. The number of benzene rings is 3. The first-order valence-corrected chi connectivity index (χ1v) is 9.53. The fourth-order valence-electron chi connectivity index (χ4n) is 3.15. The number of hydrazone groups is 1. The SMILES string of the molecule is S=C(Nc1ccccc1)N1N=C(c2ccc(Cl)cc2)C[C@@H]1c1ccccc1. The third kappa shape index (κ3) is 4.02. The van der Waals surface area contributed by atoms with E-state index < -0.39 is 0 Å². The van der Waals surface area contributed by atoms with Gasteiger partial charge in [-0.05, 0) is 47.6 Å². The summed E-state index contributed by atoms with van der Waals surface area (Å²) in [6.45, 7) is 0. The zero-order valence-electron chi connectivity index (χ0n) is 14.5. The highest BCUT2D eigenvalue weighted by molar-refractivity contribution is 7.80. The van der Waals surface area contributed by atoms with Gasteiger partial charge in [-0.15, -0.1) is 0 Å². The molecular weight excluding hydrogens is 374 g/mol. The number of anilines is 1. The molecule has 3 nitrogen and oxygen atoms in total. The van der Waals surface area contributed by atoms with Gasteiger partial charge < -0.3 is 5.32 Å². The molecule has 0 fully saturated rings. The maximum absolute atomic E-state index is 6.03. The van der Waals surface area contributed by atoms with Crippen LogP contribution in [0.3, 0.4) is 0 Å². The Hall–Kier alpha value is -2.69. The molecule has 5 heteroatoms. The predicted molar refractivity (Wildman–Crippen MR) is 116 cm³/mol. The molecule has 0 saturated carbocycles. The van der Waals surface area contributed by atoms with Crippen LogP contribution in [0.25, 0.3) is 0 Å². The summed E-state index contributed by atoms with van der Waals surface area (Å²) in [5.74, 6) is 0. The predicted octanol–water partition coefficient (Wildman–Crippen LogP) is 5.89. The molecule has 0 amide bonds. The van der Waals surface area contributed by atoms with E-state index in [0.29, 0.717) is 5.11 Å². The summed E-state index contributed by atoms with van der Waals surface area (Å²) in [5, 5.41) is 11.3. The van der Waals surface area contributed by atoms with Crippen LogP contribution in [0.15, 0.2) is 90.0 Å². The molecule has 0 bridgehead atoms. The van der Waals surface area contributed by atoms with E-state index in [2.05, 4.69) is 17.4 Å². The molecule has 1 aliphatic rings. The number of thiocarbonyl (C=S) groups is 1. The molecule has 0 spiro atoms. The second kappa shape index (κ2) is 7.91. The van der Waals surface area contributed by atoms with Crippen LogP contribution in [0, 0.1) is 0 Å². The van der Waals surface area contributed by atoms with Crippen LogP contribution < -0.4 is 5.32 Å². The molecule has 0 unspecified atom stereocenters. The summed E-state index contributed by atoms with van der Waals surface area (Å²) in [6.07, 6.45) is 0.780. The molecule has 3 aromatic carbocycles. The van der Waals surface area contributed by atoms with Crippen LogP contribution >= 0.6 is 23.8 Å². The third-order valence-corrected chi connectivity index (χ3v) is 5.05. The van der Waals surface area contributed by atoms with Gasteiger partial charge in [0, 0.05) is 17.1 Å². The van der Waals surface area contributed by atoms with Gasteiger partial charge in [-0.25, -0.2) is 5.01 Å². The van der Waals surface area contributed by atoms with Crippen LogP contribution in [0.2, 0.25) is 5.02 Å². The summed E-state index contributed by atoms with van der Waals surface area (Å²) in [5.41, 5.74) is 4.19.